The van der Waals surface area contributed by atoms with Gasteiger partial charge in [-0.05, 0) is 30.7 Å². The number of hydrogen-bond acceptors (Lipinski definition) is 11. The molecule has 1 fully saturated rings. The molecule has 1 aliphatic heterocycles. The first-order valence-corrected chi connectivity index (χ1v) is 13.4. The van der Waals surface area contributed by atoms with Crippen LogP contribution < -0.4 is 19.1 Å². The van der Waals surface area contributed by atoms with Gasteiger partial charge in [-0.15, -0.1) is 10.2 Å². The first kappa shape index (κ1) is 26.4. The summed E-state index contributed by atoms with van der Waals surface area (Å²) in [6.07, 6.45) is 3.27. The normalized spacial score (nSPS) is 17.7. The third kappa shape index (κ3) is 5.22. The summed E-state index contributed by atoms with van der Waals surface area (Å²) in [4.78, 5) is 9.64. The molecule has 0 aliphatic carbocycles. The Bertz CT molecular complexity index is 1510. The Kier molecular flexibility index (Phi) is 7.34. The summed E-state index contributed by atoms with van der Waals surface area (Å²) in [6, 6.07) is 8.49. The van der Waals surface area contributed by atoms with E-state index in [0.29, 0.717) is 29.5 Å². The Labute approximate surface area is 223 Å². The maximum absolute atomic E-state index is 13.8. The van der Waals surface area contributed by atoms with Crippen LogP contribution in [0.1, 0.15) is 6.42 Å². The molecule has 0 spiro atoms. The Morgan fingerprint density at radius 2 is 1.74 bits per heavy atom. The van der Waals surface area contributed by atoms with Crippen molar-refractivity contribution in [3.63, 3.8) is 0 Å². The van der Waals surface area contributed by atoms with E-state index >= 15 is 0 Å². The van der Waals surface area contributed by atoms with E-state index in [2.05, 4.69) is 24.9 Å². The van der Waals surface area contributed by atoms with Crippen LogP contribution in [0.2, 0.25) is 0 Å². The SMILES string of the molecule is COc1cccc(OC)c1-n1c(NS(=O)(=O)C2CC(OC)CN(c3ncc(F)cn3)C2)nnc1-c1ccco1. The highest BCUT2D eigenvalue weighted by Crippen LogP contribution is 2.38. The largest absolute Gasteiger partial charge is 0.494 e. The number of anilines is 2. The lowest BCUT2D eigenvalue weighted by molar-refractivity contribution is 0.0898. The molecule has 206 valence electrons. The number of sulfonamides is 1. The number of nitrogens with zero attached hydrogens (tertiary/aromatic N) is 6. The summed E-state index contributed by atoms with van der Waals surface area (Å²) in [5.41, 5.74) is 0.372. The number of furan rings is 1. The van der Waals surface area contributed by atoms with Crippen LogP contribution in [0.15, 0.2) is 53.4 Å². The monoisotopic (exact) mass is 559 g/mol. The molecule has 4 aromatic rings. The summed E-state index contributed by atoms with van der Waals surface area (Å²) < 4.78 is 67.1. The Hall–Kier alpha value is -4.24. The topological polar surface area (TPSA) is 147 Å². The van der Waals surface area contributed by atoms with E-state index in [1.54, 1.807) is 35.2 Å². The second-order valence-corrected chi connectivity index (χ2v) is 10.6. The minimum Gasteiger partial charge on any atom is -0.494 e. The lowest BCUT2D eigenvalue weighted by Crippen LogP contribution is -2.51. The average molecular weight is 560 g/mol. The maximum atomic E-state index is 13.8. The van der Waals surface area contributed by atoms with Gasteiger partial charge in [0, 0.05) is 20.2 Å². The molecule has 2 atom stereocenters. The zero-order valence-electron chi connectivity index (χ0n) is 21.3. The Morgan fingerprint density at radius 3 is 2.36 bits per heavy atom. The number of aromatic nitrogens is 5. The van der Waals surface area contributed by atoms with Gasteiger partial charge in [0.2, 0.25) is 27.7 Å². The van der Waals surface area contributed by atoms with Gasteiger partial charge in [-0.2, -0.15) is 0 Å². The van der Waals surface area contributed by atoms with Crippen molar-refractivity contribution in [3.05, 3.63) is 54.8 Å². The smallest absolute Gasteiger partial charge is 0.243 e. The standard InChI is InChI=1S/C24H26FN7O6S/c1-35-16-10-17(14-31(13-16)23-26-11-15(25)12-27-23)39(33,34)30-24-29-28-22(20-8-5-9-38-20)32(24)21-18(36-2)6-4-7-19(21)37-3/h4-9,11-12,16-17H,10,13-14H2,1-3H3,(H,29,30). The maximum Gasteiger partial charge on any atom is 0.243 e. The van der Waals surface area contributed by atoms with E-state index in [9.17, 15) is 12.8 Å². The van der Waals surface area contributed by atoms with E-state index < -0.39 is 27.2 Å². The van der Waals surface area contributed by atoms with E-state index in [1.807, 2.05) is 0 Å². The fourth-order valence-electron chi connectivity index (χ4n) is 4.43. The molecule has 0 radical (unpaired) electrons. The number of ether oxygens (including phenoxy) is 3. The van der Waals surface area contributed by atoms with Crippen LogP contribution in [0, 0.1) is 5.82 Å². The summed E-state index contributed by atoms with van der Waals surface area (Å²) in [7, 11) is 0.375. The van der Waals surface area contributed by atoms with E-state index in [-0.39, 0.29) is 30.7 Å². The van der Waals surface area contributed by atoms with Crippen molar-refractivity contribution in [2.24, 2.45) is 0 Å². The summed E-state index contributed by atoms with van der Waals surface area (Å²) in [5, 5.41) is 7.40. The van der Waals surface area contributed by atoms with Gasteiger partial charge in [-0.1, -0.05) is 6.07 Å². The number of piperidine rings is 1. The highest BCUT2D eigenvalue weighted by atomic mass is 32.2. The second kappa shape index (κ2) is 10.9. The molecule has 0 saturated carbocycles. The lowest BCUT2D eigenvalue weighted by Gasteiger charge is -2.36. The summed E-state index contributed by atoms with van der Waals surface area (Å²) in [5.74, 6) is 0.841. The molecule has 2 unspecified atom stereocenters. The predicted molar refractivity (Wildman–Crippen MR) is 138 cm³/mol. The first-order valence-electron chi connectivity index (χ1n) is 11.8. The molecular formula is C24H26FN7O6S. The molecule has 13 nitrogen and oxygen atoms in total. The number of rotatable bonds is 9. The fourth-order valence-corrected chi connectivity index (χ4v) is 5.82. The summed E-state index contributed by atoms with van der Waals surface area (Å²) in [6.45, 7) is 0.378. The number of halogens is 1. The number of para-hydroxylation sites is 1. The van der Waals surface area contributed by atoms with Crippen molar-refractivity contribution >= 4 is 21.9 Å². The van der Waals surface area contributed by atoms with Crippen LogP contribution >= 0.6 is 0 Å². The van der Waals surface area contributed by atoms with Crippen LogP contribution in [-0.4, -0.2) is 78.9 Å². The Balaban J connectivity index is 1.54. The van der Waals surface area contributed by atoms with Crippen LogP contribution in [-0.2, 0) is 14.8 Å². The highest BCUT2D eigenvalue weighted by molar-refractivity contribution is 7.93. The van der Waals surface area contributed by atoms with Crippen molar-refractivity contribution in [1.29, 1.82) is 0 Å². The highest BCUT2D eigenvalue weighted by Gasteiger charge is 2.38. The van der Waals surface area contributed by atoms with Crippen LogP contribution in [0.25, 0.3) is 17.3 Å². The van der Waals surface area contributed by atoms with Crippen LogP contribution in [0.5, 0.6) is 11.5 Å². The third-order valence-corrected chi connectivity index (χ3v) is 7.99. The van der Waals surface area contributed by atoms with Crippen molar-refractivity contribution in [2.45, 2.75) is 17.8 Å². The van der Waals surface area contributed by atoms with Gasteiger partial charge in [0.05, 0.1) is 39.0 Å². The molecule has 1 aromatic carbocycles. The zero-order chi connectivity index (χ0) is 27.6. The molecule has 3 aromatic heterocycles. The first-order chi connectivity index (χ1) is 18.8. The quantitative estimate of drug-likeness (QED) is 0.323. The van der Waals surface area contributed by atoms with E-state index in [0.717, 1.165) is 12.4 Å². The van der Waals surface area contributed by atoms with Gasteiger partial charge < -0.3 is 23.5 Å². The van der Waals surface area contributed by atoms with Crippen molar-refractivity contribution in [2.75, 3.05) is 44.0 Å². The Morgan fingerprint density at radius 1 is 1.03 bits per heavy atom. The molecule has 5 rings (SSSR count). The van der Waals surface area contributed by atoms with Crippen molar-refractivity contribution in [3.8, 4) is 28.8 Å². The zero-order valence-corrected chi connectivity index (χ0v) is 22.1. The van der Waals surface area contributed by atoms with Gasteiger partial charge in [0.15, 0.2) is 11.6 Å². The molecule has 39 heavy (non-hydrogen) atoms. The van der Waals surface area contributed by atoms with E-state index in [1.165, 1.54) is 32.2 Å². The van der Waals surface area contributed by atoms with Crippen LogP contribution in [0.3, 0.4) is 0 Å². The van der Waals surface area contributed by atoms with Gasteiger partial charge in [-0.25, -0.2) is 22.8 Å². The molecule has 0 bridgehead atoms. The van der Waals surface area contributed by atoms with Crippen molar-refractivity contribution < 1.29 is 31.4 Å². The third-order valence-electron chi connectivity index (χ3n) is 6.30. The lowest BCUT2D eigenvalue weighted by atomic mass is 10.1. The molecule has 4 heterocycles. The molecule has 1 saturated heterocycles. The predicted octanol–water partition coefficient (Wildman–Crippen LogP) is 2.51. The molecule has 0 amide bonds. The van der Waals surface area contributed by atoms with E-state index in [4.69, 9.17) is 18.6 Å². The number of benzene rings is 1. The van der Waals surface area contributed by atoms with Gasteiger partial charge in [0.25, 0.3) is 0 Å². The van der Waals surface area contributed by atoms with Gasteiger partial charge >= 0.3 is 0 Å². The number of hydrogen-bond donors (Lipinski definition) is 1. The van der Waals surface area contributed by atoms with Crippen molar-refractivity contribution in [1.82, 2.24) is 24.7 Å². The molecule has 15 heteroatoms. The number of methoxy groups -OCH3 is 3. The molecule has 1 aliphatic rings. The fraction of sp³-hybridized carbons (Fsp3) is 0.333. The molecule has 1 N–H and O–H groups in total. The van der Waals surface area contributed by atoms with Gasteiger partial charge in [0.1, 0.15) is 22.4 Å². The minimum atomic E-state index is -4.09. The minimum absolute atomic E-state index is 0.0397. The average Bonchev–Trinajstić information content (AvgIpc) is 3.62. The molecular weight excluding hydrogens is 533 g/mol. The summed E-state index contributed by atoms with van der Waals surface area (Å²) >= 11 is 0. The van der Waals surface area contributed by atoms with Crippen LogP contribution in [0.4, 0.5) is 16.3 Å². The van der Waals surface area contributed by atoms with Gasteiger partial charge in [-0.3, -0.25) is 9.29 Å². The second-order valence-electron chi connectivity index (χ2n) is 8.64. The number of nitrogens with one attached hydrogen (secondary N) is 1.